The van der Waals surface area contributed by atoms with E-state index in [1.807, 2.05) is 35.1 Å². The lowest BCUT2D eigenvalue weighted by Gasteiger charge is -2.28. The first-order chi connectivity index (χ1) is 11.8. The molecule has 0 saturated carbocycles. The van der Waals surface area contributed by atoms with Crippen LogP contribution in [0.3, 0.4) is 0 Å². The van der Waals surface area contributed by atoms with Gasteiger partial charge in [-0.1, -0.05) is 12.1 Å². The van der Waals surface area contributed by atoms with E-state index in [0.717, 1.165) is 24.1 Å². The summed E-state index contributed by atoms with van der Waals surface area (Å²) in [5.41, 5.74) is 2.11. The quantitative estimate of drug-likeness (QED) is 0.888. The Morgan fingerprint density at radius 1 is 1.25 bits per heavy atom. The van der Waals surface area contributed by atoms with Gasteiger partial charge >= 0.3 is 0 Å². The zero-order valence-corrected chi connectivity index (χ0v) is 13.8. The van der Waals surface area contributed by atoms with Gasteiger partial charge < -0.3 is 10.6 Å². The van der Waals surface area contributed by atoms with Crippen molar-refractivity contribution < 1.29 is 4.79 Å². The molecule has 0 unspecified atom stereocenters. The molecule has 1 amide bonds. The largest absolute Gasteiger partial charge is 0.352 e. The van der Waals surface area contributed by atoms with Crippen molar-refractivity contribution >= 4 is 5.91 Å². The van der Waals surface area contributed by atoms with E-state index in [1.54, 1.807) is 6.20 Å². The van der Waals surface area contributed by atoms with Crippen molar-refractivity contribution in [1.29, 1.82) is 0 Å². The molecule has 2 saturated heterocycles. The summed E-state index contributed by atoms with van der Waals surface area (Å²) in [7, 11) is 0. The first-order valence-corrected chi connectivity index (χ1v) is 8.88. The van der Waals surface area contributed by atoms with Crippen molar-refractivity contribution in [3.05, 3.63) is 48.3 Å². The molecule has 1 aromatic carbocycles. The molecular formula is C19H24N4O. The molecule has 2 aromatic rings. The van der Waals surface area contributed by atoms with Crippen molar-refractivity contribution in [2.45, 2.75) is 50.7 Å². The van der Waals surface area contributed by atoms with Crippen LogP contribution in [-0.2, 0) is 11.3 Å². The summed E-state index contributed by atoms with van der Waals surface area (Å²) in [5, 5.41) is 11.0. The number of amides is 1. The van der Waals surface area contributed by atoms with E-state index in [-0.39, 0.29) is 5.91 Å². The highest BCUT2D eigenvalue weighted by Gasteiger charge is 2.34. The van der Waals surface area contributed by atoms with E-state index in [2.05, 4.69) is 21.8 Å². The summed E-state index contributed by atoms with van der Waals surface area (Å²) in [6.07, 6.45) is 9.21. The normalized spacial score (nSPS) is 25.6. The van der Waals surface area contributed by atoms with Crippen LogP contribution in [0.1, 0.15) is 37.7 Å². The second kappa shape index (κ2) is 6.77. The molecule has 126 valence electrons. The van der Waals surface area contributed by atoms with Crippen molar-refractivity contribution in [3.8, 4) is 5.69 Å². The number of carbonyl (C=O) groups is 1. The molecule has 5 nitrogen and oxygen atoms in total. The highest BCUT2D eigenvalue weighted by Crippen LogP contribution is 2.32. The van der Waals surface area contributed by atoms with Gasteiger partial charge in [-0.05, 0) is 55.4 Å². The highest BCUT2D eigenvalue weighted by atomic mass is 16.1. The van der Waals surface area contributed by atoms with Gasteiger partial charge in [-0.2, -0.15) is 5.10 Å². The number of fused-ring (bicyclic) bond motifs is 2. The molecule has 2 N–H and O–H groups in total. The number of rotatable bonds is 5. The Hall–Kier alpha value is -2.14. The average Bonchev–Trinajstić information content (AvgIpc) is 3.23. The summed E-state index contributed by atoms with van der Waals surface area (Å²) in [5.74, 6) is 0.713. The lowest BCUT2D eigenvalue weighted by atomic mass is 9.89. The maximum absolute atomic E-state index is 12.3. The number of piperidine rings is 1. The Bertz CT molecular complexity index is 685. The third-order valence-electron chi connectivity index (χ3n) is 5.21. The average molecular weight is 324 g/mol. The van der Waals surface area contributed by atoms with Crippen molar-refractivity contribution in [2.75, 3.05) is 0 Å². The number of nitrogens with one attached hydrogen (secondary N) is 2. The summed E-state index contributed by atoms with van der Waals surface area (Å²) in [6, 6.07) is 11.3. The van der Waals surface area contributed by atoms with E-state index < -0.39 is 0 Å². The molecule has 2 fully saturated rings. The molecule has 5 heteroatoms. The van der Waals surface area contributed by atoms with Crippen LogP contribution in [0.25, 0.3) is 5.69 Å². The molecular weight excluding hydrogens is 300 g/mol. The lowest BCUT2D eigenvalue weighted by molar-refractivity contribution is -0.122. The fourth-order valence-corrected chi connectivity index (χ4v) is 4.11. The second-order valence-corrected chi connectivity index (χ2v) is 7.08. The maximum Gasteiger partial charge on any atom is 0.220 e. The predicted octanol–water partition coefficient (Wildman–Crippen LogP) is 2.41. The zero-order valence-electron chi connectivity index (χ0n) is 13.8. The van der Waals surface area contributed by atoms with Crippen LogP contribution in [0.5, 0.6) is 0 Å². The Labute approximate surface area is 142 Å². The zero-order chi connectivity index (χ0) is 16.4. The van der Waals surface area contributed by atoms with Crippen LogP contribution >= 0.6 is 0 Å². The Morgan fingerprint density at radius 3 is 2.83 bits per heavy atom. The predicted molar refractivity (Wildman–Crippen MR) is 92.7 cm³/mol. The minimum atomic E-state index is 0.172. The highest BCUT2D eigenvalue weighted by molar-refractivity contribution is 5.76. The van der Waals surface area contributed by atoms with Gasteiger partial charge in [0.2, 0.25) is 5.91 Å². The Balaban J connectivity index is 1.30. The number of hydrogen-bond donors (Lipinski definition) is 2. The lowest BCUT2D eigenvalue weighted by Crippen LogP contribution is -2.39. The third kappa shape index (κ3) is 3.51. The van der Waals surface area contributed by atoms with Gasteiger partial charge in [-0.25, -0.2) is 4.68 Å². The number of hydrogen-bond acceptors (Lipinski definition) is 3. The molecule has 3 heterocycles. The topological polar surface area (TPSA) is 59.0 Å². The Kier molecular flexibility index (Phi) is 4.34. The number of benzene rings is 1. The van der Waals surface area contributed by atoms with Crippen molar-refractivity contribution in [2.24, 2.45) is 5.92 Å². The summed E-state index contributed by atoms with van der Waals surface area (Å²) in [4.78, 5) is 12.3. The molecule has 2 atom stereocenters. The van der Waals surface area contributed by atoms with E-state index in [9.17, 15) is 4.79 Å². The number of carbonyl (C=O) groups excluding carboxylic acids is 1. The van der Waals surface area contributed by atoms with E-state index in [0.29, 0.717) is 31.0 Å². The van der Waals surface area contributed by atoms with E-state index in [4.69, 9.17) is 0 Å². The van der Waals surface area contributed by atoms with E-state index >= 15 is 0 Å². The van der Waals surface area contributed by atoms with Crippen molar-refractivity contribution in [1.82, 2.24) is 20.4 Å². The molecule has 2 bridgehead atoms. The Morgan fingerprint density at radius 2 is 2.08 bits per heavy atom. The molecule has 0 spiro atoms. The van der Waals surface area contributed by atoms with Gasteiger partial charge in [0.15, 0.2) is 0 Å². The van der Waals surface area contributed by atoms with Gasteiger partial charge in [0.1, 0.15) is 0 Å². The van der Waals surface area contributed by atoms with Gasteiger partial charge in [-0.3, -0.25) is 4.79 Å². The number of nitrogens with zero attached hydrogens (tertiary/aromatic N) is 2. The fraction of sp³-hybridized carbons (Fsp3) is 0.474. The fourth-order valence-electron chi connectivity index (χ4n) is 4.11. The first kappa shape index (κ1) is 15.4. The standard InChI is InChI=1S/C19H24N4O/c24-19(12-15-9-16-5-6-17(10-15)22-16)20-13-14-3-1-4-18(11-14)23-8-2-7-21-23/h1-4,7-8,11,15-17,22H,5-6,9-10,12-13H2,(H,20,24)/t16-,17-/m1/s1. The monoisotopic (exact) mass is 324 g/mol. The molecule has 2 aliphatic heterocycles. The van der Waals surface area contributed by atoms with Crippen molar-refractivity contribution in [3.63, 3.8) is 0 Å². The smallest absolute Gasteiger partial charge is 0.220 e. The minimum Gasteiger partial charge on any atom is -0.352 e. The summed E-state index contributed by atoms with van der Waals surface area (Å²) >= 11 is 0. The molecule has 4 rings (SSSR count). The summed E-state index contributed by atoms with van der Waals surface area (Å²) in [6.45, 7) is 0.575. The van der Waals surface area contributed by atoms with E-state index in [1.165, 1.54) is 12.8 Å². The molecule has 24 heavy (non-hydrogen) atoms. The second-order valence-electron chi connectivity index (χ2n) is 7.08. The van der Waals surface area contributed by atoms with Gasteiger partial charge in [0.25, 0.3) is 0 Å². The SMILES string of the molecule is O=C(CC1C[C@H]2CC[C@H](C1)N2)NCc1cccc(-n2cccn2)c1. The maximum atomic E-state index is 12.3. The van der Waals surface area contributed by atoms with Crippen LogP contribution in [0.2, 0.25) is 0 Å². The van der Waals surface area contributed by atoms with Gasteiger partial charge in [0, 0.05) is 37.4 Å². The van der Waals surface area contributed by atoms with Crippen LogP contribution < -0.4 is 10.6 Å². The first-order valence-electron chi connectivity index (χ1n) is 8.88. The third-order valence-corrected chi connectivity index (χ3v) is 5.21. The van der Waals surface area contributed by atoms with Crippen LogP contribution in [-0.4, -0.2) is 27.8 Å². The molecule has 2 aliphatic rings. The van der Waals surface area contributed by atoms with Crippen LogP contribution in [0.15, 0.2) is 42.7 Å². The van der Waals surface area contributed by atoms with Gasteiger partial charge in [-0.15, -0.1) is 0 Å². The minimum absolute atomic E-state index is 0.172. The van der Waals surface area contributed by atoms with Crippen LogP contribution in [0.4, 0.5) is 0 Å². The molecule has 0 radical (unpaired) electrons. The van der Waals surface area contributed by atoms with Gasteiger partial charge in [0.05, 0.1) is 5.69 Å². The number of aromatic nitrogens is 2. The molecule has 1 aromatic heterocycles. The van der Waals surface area contributed by atoms with Crippen LogP contribution in [0, 0.1) is 5.92 Å². The summed E-state index contributed by atoms with van der Waals surface area (Å²) < 4.78 is 1.83. The molecule has 0 aliphatic carbocycles.